The Bertz CT molecular complexity index is 2800. The number of carbonyl (C=O) groups excluding carboxylic acids is 2. The quantitative estimate of drug-likeness (QED) is 0.107. The molecule has 0 bridgehead atoms. The number of hydrogen-bond acceptors (Lipinski definition) is 17. The van der Waals surface area contributed by atoms with E-state index in [1.54, 1.807) is 35.6 Å². The van der Waals surface area contributed by atoms with E-state index >= 15 is 0 Å². The van der Waals surface area contributed by atoms with Crippen LogP contribution in [-0.4, -0.2) is 104 Å². The Balaban J connectivity index is 0.000000174. The highest BCUT2D eigenvalue weighted by Crippen LogP contribution is 2.17. The number of nitrogens with two attached hydrogens (primary N) is 1. The molecule has 2 N–H and O–H groups in total. The summed E-state index contributed by atoms with van der Waals surface area (Å²) >= 11 is 0. The zero-order valence-corrected chi connectivity index (χ0v) is 30.8. The number of fused-ring (bicyclic) bond motifs is 4. The standard InChI is InChI=1S/C19H17N7O3.C18H16N8O2/c1-12(24-29-11-17(27)28-2)16-9-21-18-19(22-16)26(25-23-18)10-13-5-6-15-14(8-13)4-3-7-20-15;1-11(24-28-10-16(19)27)15-8-21-17-18(22-15)26(25-23-17)9-12-4-5-14-13(7-12)3-2-6-20-14/h3-9H,10-11H2,1-2H3;2-8H,9-10H2,1H3,(H2,19,27)/b24-12+;24-11+. The van der Waals surface area contributed by atoms with Gasteiger partial charge in [-0.15, -0.1) is 10.2 Å². The molecule has 286 valence electrons. The maximum Gasteiger partial charge on any atom is 0.346 e. The van der Waals surface area contributed by atoms with Crippen LogP contribution >= 0.6 is 0 Å². The van der Waals surface area contributed by atoms with Gasteiger partial charge in [-0.05, 0) is 61.4 Å². The van der Waals surface area contributed by atoms with Crippen LogP contribution < -0.4 is 5.73 Å². The van der Waals surface area contributed by atoms with Crippen LogP contribution in [0.3, 0.4) is 0 Å². The highest BCUT2D eigenvalue weighted by atomic mass is 16.6. The normalized spacial score (nSPS) is 11.8. The number of carbonyl (C=O) groups is 2. The topological polar surface area (TPSA) is 251 Å². The van der Waals surface area contributed by atoms with Gasteiger partial charge in [-0.25, -0.2) is 34.1 Å². The number of aromatic nitrogens is 12. The lowest BCUT2D eigenvalue weighted by Gasteiger charge is -2.05. The number of ether oxygens (including phenoxy) is 1. The van der Waals surface area contributed by atoms with Crippen molar-refractivity contribution < 1.29 is 24.0 Å². The van der Waals surface area contributed by atoms with Gasteiger partial charge in [0, 0.05) is 23.2 Å². The van der Waals surface area contributed by atoms with Crippen LogP contribution in [-0.2, 0) is 37.1 Å². The molecule has 6 heterocycles. The molecule has 8 aromatic rings. The second-order valence-electron chi connectivity index (χ2n) is 12.3. The Hall–Kier alpha value is -7.90. The number of oxime groups is 2. The van der Waals surface area contributed by atoms with E-state index < -0.39 is 11.9 Å². The summed E-state index contributed by atoms with van der Waals surface area (Å²) in [7, 11) is 1.28. The van der Waals surface area contributed by atoms with Gasteiger partial charge in [-0.2, -0.15) is 0 Å². The molecule has 0 fully saturated rings. The van der Waals surface area contributed by atoms with Crippen molar-refractivity contribution >= 4 is 67.7 Å². The Morgan fingerprint density at radius 3 is 1.65 bits per heavy atom. The molecule has 0 unspecified atom stereocenters. The molecule has 2 aromatic carbocycles. The van der Waals surface area contributed by atoms with Crippen LogP contribution in [0.5, 0.6) is 0 Å². The highest BCUT2D eigenvalue weighted by Gasteiger charge is 2.14. The lowest BCUT2D eigenvalue weighted by molar-refractivity contribution is -0.145. The number of pyridine rings is 2. The summed E-state index contributed by atoms with van der Waals surface area (Å²) in [5, 5.41) is 26.2. The van der Waals surface area contributed by atoms with E-state index in [-0.39, 0.29) is 13.2 Å². The zero-order valence-electron chi connectivity index (χ0n) is 30.8. The highest BCUT2D eigenvalue weighted by molar-refractivity contribution is 5.98. The lowest BCUT2D eigenvalue weighted by Crippen LogP contribution is -2.17. The molecule has 0 saturated carbocycles. The minimum absolute atomic E-state index is 0.278. The zero-order chi connectivity index (χ0) is 39.7. The number of nitrogens with zero attached hydrogens (tertiary/aromatic N) is 14. The summed E-state index contributed by atoms with van der Waals surface area (Å²) < 4.78 is 7.84. The third kappa shape index (κ3) is 9.08. The molecule has 0 saturated heterocycles. The first-order valence-corrected chi connectivity index (χ1v) is 17.2. The molecule has 0 aliphatic rings. The van der Waals surface area contributed by atoms with E-state index in [4.69, 9.17) is 15.4 Å². The second-order valence-corrected chi connectivity index (χ2v) is 12.3. The SMILES string of the molecule is C/C(=N\OCC(N)=O)c1cnc2nnn(Cc3ccc4ncccc4c3)c2n1.COC(=O)CO/N=C(\C)c1cnc2nnn(Cc3ccc4ncccc4c3)c2n1. The third-order valence-electron chi connectivity index (χ3n) is 8.22. The van der Waals surface area contributed by atoms with E-state index in [9.17, 15) is 9.59 Å². The van der Waals surface area contributed by atoms with Gasteiger partial charge in [-0.3, -0.25) is 14.8 Å². The summed E-state index contributed by atoms with van der Waals surface area (Å²) in [5.74, 6) is -1.12. The summed E-state index contributed by atoms with van der Waals surface area (Å²) in [5.41, 5.74) is 12.8. The maximum atomic E-state index is 11.1. The monoisotopic (exact) mass is 767 g/mol. The van der Waals surface area contributed by atoms with Gasteiger partial charge < -0.3 is 20.1 Å². The lowest BCUT2D eigenvalue weighted by atomic mass is 10.1. The van der Waals surface area contributed by atoms with Crippen LogP contribution in [0.15, 0.2) is 95.8 Å². The Kier molecular flexibility index (Phi) is 11.2. The van der Waals surface area contributed by atoms with Crippen molar-refractivity contribution in [3.8, 4) is 0 Å². The average molecular weight is 768 g/mol. The largest absolute Gasteiger partial charge is 0.466 e. The van der Waals surface area contributed by atoms with Crippen molar-refractivity contribution in [3.05, 3.63) is 108 Å². The van der Waals surface area contributed by atoms with Crippen molar-refractivity contribution in [2.45, 2.75) is 26.9 Å². The van der Waals surface area contributed by atoms with Gasteiger partial charge in [0.25, 0.3) is 5.91 Å². The van der Waals surface area contributed by atoms with Crippen molar-refractivity contribution in [1.82, 2.24) is 59.9 Å². The fourth-order valence-corrected chi connectivity index (χ4v) is 5.39. The minimum Gasteiger partial charge on any atom is -0.466 e. The fraction of sp³-hybridized carbons (Fsp3) is 0.189. The molecule has 0 aliphatic carbocycles. The van der Waals surface area contributed by atoms with Gasteiger partial charge in [0.05, 0.1) is 43.6 Å². The van der Waals surface area contributed by atoms with Gasteiger partial charge in [0.15, 0.2) is 17.9 Å². The molecule has 0 aliphatic heterocycles. The summed E-state index contributed by atoms with van der Waals surface area (Å²) in [6.45, 7) is 3.78. The van der Waals surface area contributed by atoms with Gasteiger partial charge in [-0.1, -0.05) is 45.0 Å². The van der Waals surface area contributed by atoms with Crippen LogP contribution in [0.4, 0.5) is 0 Å². The predicted octanol–water partition coefficient (Wildman–Crippen LogP) is 2.78. The van der Waals surface area contributed by atoms with E-state index in [0.29, 0.717) is 58.5 Å². The Morgan fingerprint density at radius 1 is 0.684 bits per heavy atom. The molecule has 1 amide bonds. The molecule has 0 spiro atoms. The van der Waals surface area contributed by atoms with Gasteiger partial charge in [0.1, 0.15) is 22.8 Å². The molecule has 8 rings (SSSR count). The number of esters is 1. The average Bonchev–Trinajstić information content (AvgIpc) is 3.83. The predicted molar refractivity (Wildman–Crippen MR) is 205 cm³/mol. The van der Waals surface area contributed by atoms with Gasteiger partial charge in [0.2, 0.25) is 17.9 Å². The Morgan fingerprint density at radius 2 is 1.18 bits per heavy atom. The Labute approximate surface area is 322 Å². The number of methoxy groups -OCH3 is 1. The van der Waals surface area contributed by atoms with E-state index in [0.717, 1.165) is 32.9 Å². The molecular weight excluding hydrogens is 735 g/mol. The molecule has 0 atom stereocenters. The molecule has 20 nitrogen and oxygen atoms in total. The van der Waals surface area contributed by atoms with Crippen LogP contribution in [0, 0.1) is 0 Å². The van der Waals surface area contributed by atoms with Crippen LogP contribution in [0.1, 0.15) is 36.4 Å². The first-order chi connectivity index (χ1) is 27.7. The first-order valence-electron chi connectivity index (χ1n) is 17.2. The van der Waals surface area contributed by atoms with Crippen molar-refractivity contribution in [2.24, 2.45) is 16.0 Å². The summed E-state index contributed by atoms with van der Waals surface area (Å²) in [6.07, 6.45) is 6.59. The third-order valence-corrected chi connectivity index (χ3v) is 8.22. The van der Waals surface area contributed by atoms with Crippen molar-refractivity contribution in [1.29, 1.82) is 0 Å². The number of rotatable bonds is 12. The molecule has 6 aromatic heterocycles. The second kappa shape index (κ2) is 17.1. The number of amides is 1. The van der Waals surface area contributed by atoms with E-state index in [1.165, 1.54) is 19.5 Å². The van der Waals surface area contributed by atoms with E-state index in [2.05, 4.69) is 77.7 Å². The molecule has 20 heteroatoms. The van der Waals surface area contributed by atoms with Crippen molar-refractivity contribution in [3.63, 3.8) is 0 Å². The fourth-order valence-electron chi connectivity index (χ4n) is 5.39. The number of benzene rings is 2. The summed E-state index contributed by atoms with van der Waals surface area (Å²) in [4.78, 5) is 57.9. The molecule has 0 radical (unpaired) electrons. The van der Waals surface area contributed by atoms with Crippen LogP contribution in [0.25, 0.3) is 44.4 Å². The smallest absolute Gasteiger partial charge is 0.346 e. The molecule has 57 heavy (non-hydrogen) atoms. The van der Waals surface area contributed by atoms with E-state index in [1.807, 2.05) is 48.5 Å². The number of hydrogen-bond donors (Lipinski definition) is 1. The molecular formula is C37H33N15O5. The number of primary amides is 1. The maximum absolute atomic E-state index is 11.1. The van der Waals surface area contributed by atoms with Crippen LogP contribution in [0.2, 0.25) is 0 Å². The first kappa shape index (κ1) is 37.4. The van der Waals surface area contributed by atoms with Gasteiger partial charge >= 0.3 is 5.97 Å². The summed E-state index contributed by atoms with van der Waals surface area (Å²) in [6, 6.07) is 19.9. The minimum atomic E-state index is -0.606. The van der Waals surface area contributed by atoms with Crippen molar-refractivity contribution in [2.75, 3.05) is 20.3 Å².